The molecule has 1 heterocycles. The van der Waals surface area contributed by atoms with E-state index in [0.29, 0.717) is 12.3 Å². The van der Waals surface area contributed by atoms with Crippen molar-refractivity contribution in [2.24, 2.45) is 0 Å². The largest absolute Gasteiger partial charge is 0.483 e. The van der Waals surface area contributed by atoms with Crippen LogP contribution >= 0.6 is 27.3 Å². The maximum absolute atomic E-state index is 11.9. The molecule has 1 N–H and O–H groups in total. The SMILES string of the molecule is Cc1csc(CCCNC(=O)COc2ccc3ccccc3c2Br)n1. The van der Waals surface area contributed by atoms with Gasteiger partial charge in [0.05, 0.1) is 9.48 Å². The van der Waals surface area contributed by atoms with Crippen LogP contribution < -0.4 is 10.1 Å². The third-order valence-electron chi connectivity index (χ3n) is 3.74. The molecule has 0 bridgehead atoms. The molecular formula is C19H19BrN2O2S. The first-order valence-electron chi connectivity index (χ1n) is 8.11. The number of ether oxygens (including phenoxy) is 1. The number of carbonyl (C=O) groups excluding carboxylic acids is 1. The van der Waals surface area contributed by atoms with E-state index in [4.69, 9.17) is 4.74 Å². The van der Waals surface area contributed by atoms with E-state index in [2.05, 4.69) is 26.2 Å². The van der Waals surface area contributed by atoms with E-state index < -0.39 is 0 Å². The molecule has 4 nitrogen and oxygen atoms in total. The van der Waals surface area contributed by atoms with E-state index in [1.165, 1.54) is 0 Å². The van der Waals surface area contributed by atoms with E-state index in [0.717, 1.165) is 38.8 Å². The van der Waals surface area contributed by atoms with Crippen molar-refractivity contribution in [3.8, 4) is 5.75 Å². The summed E-state index contributed by atoms with van der Waals surface area (Å²) >= 11 is 5.23. The normalized spacial score (nSPS) is 10.8. The van der Waals surface area contributed by atoms with Crippen LogP contribution in [-0.4, -0.2) is 24.0 Å². The number of hydrogen-bond donors (Lipinski definition) is 1. The molecule has 6 heteroatoms. The predicted octanol–water partition coefficient (Wildman–Crippen LogP) is 4.50. The minimum Gasteiger partial charge on any atom is -0.483 e. The van der Waals surface area contributed by atoms with Crippen molar-refractivity contribution in [1.82, 2.24) is 10.3 Å². The summed E-state index contributed by atoms with van der Waals surface area (Å²) in [5, 5.41) is 8.24. The van der Waals surface area contributed by atoms with Crippen LogP contribution in [0.4, 0.5) is 0 Å². The van der Waals surface area contributed by atoms with Crippen LogP contribution in [0.15, 0.2) is 46.3 Å². The Labute approximate surface area is 159 Å². The summed E-state index contributed by atoms with van der Waals surface area (Å²) < 4.78 is 6.53. The molecule has 3 rings (SSSR count). The Morgan fingerprint density at radius 3 is 2.92 bits per heavy atom. The third-order valence-corrected chi connectivity index (χ3v) is 5.59. The quantitative estimate of drug-likeness (QED) is 0.574. The molecule has 0 unspecified atom stereocenters. The number of aromatic nitrogens is 1. The Hall–Kier alpha value is -1.92. The molecular weight excluding hydrogens is 400 g/mol. The van der Waals surface area contributed by atoms with E-state index in [1.54, 1.807) is 11.3 Å². The van der Waals surface area contributed by atoms with E-state index in [1.807, 2.05) is 48.7 Å². The number of hydrogen-bond acceptors (Lipinski definition) is 4. The smallest absolute Gasteiger partial charge is 0.257 e. The van der Waals surface area contributed by atoms with Gasteiger partial charge in [0.2, 0.25) is 0 Å². The first-order valence-corrected chi connectivity index (χ1v) is 9.78. The van der Waals surface area contributed by atoms with Gasteiger partial charge in [-0.15, -0.1) is 11.3 Å². The fourth-order valence-corrected chi connectivity index (χ4v) is 3.93. The van der Waals surface area contributed by atoms with Gasteiger partial charge in [0, 0.05) is 24.0 Å². The van der Waals surface area contributed by atoms with E-state index in [9.17, 15) is 4.79 Å². The lowest BCUT2D eigenvalue weighted by Crippen LogP contribution is -2.30. The summed E-state index contributed by atoms with van der Waals surface area (Å²) in [6, 6.07) is 11.9. The van der Waals surface area contributed by atoms with Crippen molar-refractivity contribution in [2.45, 2.75) is 19.8 Å². The minimum atomic E-state index is -0.115. The summed E-state index contributed by atoms with van der Waals surface area (Å²) in [7, 11) is 0. The second kappa shape index (κ2) is 8.45. The predicted molar refractivity (Wildman–Crippen MR) is 105 cm³/mol. The highest BCUT2D eigenvalue weighted by atomic mass is 79.9. The molecule has 3 aromatic rings. The highest BCUT2D eigenvalue weighted by molar-refractivity contribution is 9.10. The summed E-state index contributed by atoms with van der Waals surface area (Å²) in [4.78, 5) is 16.4. The number of rotatable bonds is 7. The molecule has 2 aromatic carbocycles. The van der Waals surface area contributed by atoms with Crippen LogP contribution in [-0.2, 0) is 11.2 Å². The van der Waals surface area contributed by atoms with Gasteiger partial charge >= 0.3 is 0 Å². The number of amides is 1. The van der Waals surface area contributed by atoms with Crippen molar-refractivity contribution >= 4 is 43.9 Å². The molecule has 0 fully saturated rings. The molecule has 0 saturated carbocycles. The molecule has 130 valence electrons. The lowest BCUT2D eigenvalue weighted by Gasteiger charge is -2.10. The Kier molecular flexibility index (Phi) is 6.04. The maximum atomic E-state index is 11.9. The van der Waals surface area contributed by atoms with Crippen molar-refractivity contribution in [1.29, 1.82) is 0 Å². The average Bonchev–Trinajstić information content (AvgIpc) is 3.04. The second-order valence-corrected chi connectivity index (χ2v) is 7.46. The first-order chi connectivity index (χ1) is 12.1. The highest BCUT2D eigenvalue weighted by Gasteiger charge is 2.08. The molecule has 0 saturated heterocycles. The number of nitrogens with one attached hydrogen (secondary N) is 1. The Bertz CT molecular complexity index is 879. The van der Waals surface area contributed by atoms with Crippen LogP contribution in [0.5, 0.6) is 5.75 Å². The zero-order chi connectivity index (χ0) is 17.6. The zero-order valence-corrected chi connectivity index (χ0v) is 16.3. The fraction of sp³-hybridized carbons (Fsp3) is 0.263. The summed E-state index contributed by atoms with van der Waals surface area (Å²) in [5.41, 5.74) is 1.05. The number of thiazole rings is 1. The molecule has 0 aliphatic carbocycles. The van der Waals surface area contributed by atoms with Crippen LogP contribution in [0.25, 0.3) is 10.8 Å². The molecule has 0 radical (unpaired) electrons. The van der Waals surface area contributed by atoms with Gasteiger partial charge in [-0.1, -0.05) is 30.3 Å². The Balaban J connectivity index is 1.45. The maximum Gasteiger partial charge on any atom is 0.257 e. The number of aryl methyl sites for hydroxylation is 2. The third kappa shape index (κ3) is 4.80. The number of fused-ring (bicyclic) bond motifs is 1. The van der Waals surface area contributed by atoms with Gasteiger partial charge < -0.3 is 10.1 Å². The van der Waals surface area contributed by atoms with Crippen molar-refractivity contribution in [3.05, 3.63) is 57.0 Å². The van der Waals surface area contributed by atoms with Crippen molar-refractivity contribution in [2.75, 3.05) is 13.2 Å². The number of nitrogens with zero attached hydrogens (tertiary/aromatic N) is 1. The van der Waals surface area contributed by atoms with Gasteiger partial charge in [-0.25, -0.2) is 4.98 Å². The molecule has 1 amide bonds. The van der Waals surface area contributed by atoms with Crippen LogP contribution in [0.2, 0.25) is 0 Å². The van der Waals surface area contributed by atoms with Crippen LogP contribution in [0.3, 0.4) is 0 Å². The van der Waals surface area contributed by atoms with E-state index >= 15 is 0 Å². The van der Waals surface area contributed by atoms with E-state index in [-0.39, 0.29) is 12.5 Å². The highest BCUT2D eigenvalue weighted by Crippen LogP contribution is 2.32. The lowest BCUT2D eigenvalue weighted by atomic mass is 10.1. The summed E-state index contributed by atoms with van der Waals surface area (Å²) in [6.45, 7) is 2.62. The van der Waals surface area contributed by atoms with Gasteiger partial charge in [-0.3, -0.25) is 4.79 Å². The number of halogens is 1. The van der Waals surface area contributed by atoms with Crippen LogP contribution in [0.1, 0.15) is 17.1 Å². The number of benzene rings is 2. The van der Waals surface area contributed by atoms with Crippen molar-refractivity contribution < 1.29 is 9.53 Å². The first kappa shape index (κ1) is 17.9. The summed E-state index contributed by atoms with van der Waals surface area (Å²) in [5.74, 6) is 0.558. The Morgan fingerprint density at radius 1 is 1.28 bits per heavy atom. The molecule has 25 heavy (non-hydrogen) atoms. The average molecular weight is 419 g/mol. The number of carbonyl (C=O) groups is 1. The van der Waals surface area contributed by atoms with Crippen molar-refractivity contribution in [3.63, 3.8) is 0 Å². The molecule has 0 spiro atoms. The Morgan fingerprint density at radius 2 is 2.12 bits per heavy atom. The van der Waals surface area contributed by atoms with Gasteiger partial charge in [-0.05, 0) is 46.1 Å². The monoisotopic (exact) mass is 418 g/mol. The van der Waals surface area contributed by atoms with Gasteiger partial charge in [0.25, 0.3) is 5.91 Å². The second-order valence-electron chi connectivity index (χ2n) is 5.72. The van der Waals surface area contributed by atoms with Gasteiger partial charge in [0.1, 0.15) is 5.75 Å². The van der Waals surface area contributed by atoms with Gasteiger partial charge in [0.15, 0.2) is 6.61 Å². The summed E-state index contributed by atoms with van der Waals surface area (Å²) in [6.07, 6.45) is 1.76. The molecule has 0 aliphatic rings. The fourth-order valence-electron chi connectivity index (χ4n) is 2.50. The lowest BCUT2D eigenvalue weighted by molar-refractivity contribution is -0.123. The topological polar surface area (TPSA) is 51.2 Å². The zero-order valence-electron chi connectivity index (χ0n) is 13.9. The standard InChI is InChI=1S/C19H19BrN2O2S/c1-13-12-25-18(22-13)7-4-10-21-17(23)11-24-16-9-8-14-5-2-3-6-15(14)19(16)20/h2-3,5-6,8-9,12H,4,7,10-11H2,1H3,(H,21,23). The molecule has 0 atom stereocenters. The van der Waals surface area contributed by atoms with Crippen LogP contribution in [0, 0.1) is 6.92 Å². The van der Waals surface area contributed by atoms with Gasteiger partial charge in [-0.2, -0.15) is 0 Å². The molecule has 1 aromatic heterocycles. The minimum absolute atomic E-state index is 0.00724. The molecule has 0 aliphatic heterocycles.